The number of nitrogens with zero attached hydrogens (tertiary/aromatic N) is 1. The number of amides is 1. The molecule has 0 saturated heterocycles. The molecule has 150 valence electrons. The van der Waals surface area contributed by atoms with E-state index < -0.39 is 5.91 Å². The van der Waals surface area contributed by atoms with E-state index in [2.05, 4.69) is 10.6 Å². The Bertz CT molecular complexity index is 1090. The maximum Gasteiger partial charge on any atom is 0.267 e. The first-order valence-corrected chi connectivity index (χ1v) is 9.55. The Morgan fingerprint density at radius 1 is 0.933 bits per heavy atom. The number of hydrogen-bond acceptors (Lipinski definition) is 4. The summed E-state index contributed by atoms with van der Waals surface area (Å²) in [5.41, 5.74) is 4.49. The molecule has 0 bridgehead atoms. The number of anilines is 2. The van der Waals surface area contributed by atoms with Gasteiger partial charge in [0.2, 0.25) is 0 Å². The van der Waals surface area contributed by atoms with Gasteiger partial charge in [-0.15, -0.1) is 0 Å². The first-order valence-electron chi connectivity index (χ1n) is 9.55. The van der Waals surface area contributed by atoms with Gasteiger partial charge in [0.1, 0.15) is 23.1 Å². The second kappa shape index (κ2) is 9.44. The van der Waals surface area contributed by atoms with E-state index in [1.54, 1.807) is 0 Å². The minimum Gasteiger partial charge on any atom is -0.457 e. The summed E-state index contributed by atoms with van der Waals surface area (Å²) in [7, 11) is 0. The number of carbonyl (C=O) groups excluding carboxylic acids is 1. The van der Waals surface area contributed by atoms with Crippen molar-refractivity contribution in [2.45, 2.75) is 20.8 Å². The van der Waals surface area contributed by atoms with Gasteiger partial charge in [-0.05, 0) is 68.3 Å². The lowest BCUT2D eigenvalue weighted by atomic mass is 10.0. The lowest BCUT2D eigenvalue weighted by Crippen LogP contribution is -2.16. The van der Waals surface area contributed by atoms with Crippen LogP contribution in [0.4, 0.5) is 11.4 Å². The number of para-hydroxylation sites is 1. The third-order valence-electron chi connectivity index (χ3n) is 4.50. The van der Waals surface area contributed by atoms with Crippen molar-refractivity contribution in [3.8, 4) is 17.6 Å². The molecule has 0 spiro atoms. The molecule has 30 heavy (non-hydrogen) atoms. The number of rotatable bonds is 6. The largest absolute Gasteiger partial charge is 0.457 e. The van der Waals surface area contributed by atoms with Crippen LogP contribution in [-0.2, 0) is 4.79 Å². The van der Waals surface area contributed by atoms with Crippen molar-refractivity contribution >= 4 is 17.3 Å². The standard InChI is InChI=1S/C25H23N3O2/c1-17-13-18(2)24(19(3)14-17)28-25(29)20(15-26)16-27-21-9-11-23(12-10-21)30-22-7-5-4-6-8-22/h4-14,16,27H,1-3H3,(H,28,29)/b20-16-. The van der Waals surface area contributed by atoms with E-state index in [4.69, 9.17) is 4.74 Å². The zero-order valence-corrected chi connectivity index (χ0v) is 17.2. The number of nitriles is 1. The van der Waals surface area contributed by atoms with E-state index in [1.807, 2.05) is 93.6 Å². The zero-order chi connectivity index (χ0) is 21.5. The summed E-state index contributed by atoms with van der Waals surface area (Å²) in [4.78, 5) is 12.5. The molecule has 0 fully saturated rings. The van der Waals surface area contributed by atoms with Gasteiger partial charge in [-0.25, -0.2) is 0 Å². The molecule has 2 N–H and O–H groups in total. The Morgan fingerprint density at radius 3 is 2.13 bits per heavy atom. The Kier molecular flexibility index (Phi) is 6.51. The van der Waals surface area contributed by atoms with Crippen molar-refractivity contribution in [1.82, 2.24) is 0 Å². The summed E-state index contributed by atoms with van der Waals surface area (Å²) in [6.07, 6.45) is 1.40. The lowest BCUT2D eigenvalue weighted by Gasteiger charge is -2.12. The van der Waals surface area contributed by atoms with Crippen LogP contribution < -0.4 is 15.4 Å². The predicted molar refractivity (Wildman–Crippen MR) is 120 cm³/mol. The fourth-order valence-corrected chi connectivity index (χ4v) is 3.11. The quantitative estimate of drug-likeness (QED) is 0.403. The highest BCUT2D eigenvalue weighted by Crippen LogP contribution is 2.24. The highest BCUT2D eigenvalue weighted by molar-refractivity contribution is 6.07. The third kappa shape index (κ3) is 5.27. The van der Waals surface area contributed by atoms with E-state index >= 15 is 0 Å². The zero-order valence-electron chi connectivity index (χ0n) is 17.2. The Balaban J connectivity index is 1.66. The van der Waals surface area contributed by atoms with Crippen LogP contribution in [0, 0.1) is 32.1 Å². The van der Waals surface area contributed by atoms with Crippen molar-refractivity contribution in [3.63, 3.8) is 0 Å². The van der Waals surface area contributed by atoms with Crippen LogP contribution >= 0.6 is 0 Å². The van der Waals surface area contributed by atoms with Gasteiger partial charge in [0.25, 0.3) is 5.91 Å². The van der Waals surface area contributed by atoms with E-state index in [0.29, 0.717) is 5.75 Å². The topological polar surface area (TPSA) is 74.2 Å². The number of hydrogen-bond donors (Lipinski definition) is 2. The summed E-state index contributed by atoms with van der Waals surface area (Å²) in [6.45, 7) is 5.87. The van der Waals surface area contributed by atoms with Gasteiger partial charge in [-0.1, -0.05) is 35.9 Å². The van der Waals surface area contributed by atoms with Crippen molar-refractivity contribution in [3.05, 3.63) is 95.2 Å². The normalized spacial score (nSPS) is 10.8. The number of carbonyl (C=O) groups is 1. The van der Waals surface area contributed by atoms with Crippen molar-refractivity contribution < 1.29 is 9.53 Å². The first kappa shape index (κ1) is 20.7. The molecule has 0 heterocycles. The summed E-state index contributed by atoms with van der Waals surface area (Å²) in [5, 5.41) is 15.2. The molecule has 0 aromatic heterocycles. The molecular weight excluding hydrogens is 374 g/mol. The Morgan fingerprint density at radius 2 is 1.53 bits per heavy atom. The molecule has 0 radical (unpaired) electrons. The molecule has 3 aromatic rings. The van der Waals surface area contributed by atoms with E-state index in [-0.39, 0.29) is 5.57 Å². The average molecular weight is 397 g/mol. The van der Waals surface area contributed by atoms with Gasteiger partial charge in [0.05, 0.1) is 0 Å². The Hall–Kier alpha value is -4.04. The molecule has 0 aliphatic rings. The molecule has 5 nitrogen and oxygen atoms in total. The van der Waals surface area contributed by atoms with Gasteiger partial charge in [0, 0.05) is 17.6 Å². The van der Waals surface area contributed by atoms with Crippen LogP contribution in [0.3, 0.4) is 0 Å². The molecule has 3 rings (SSSR count). The molecule has 3 aromatic carbocycles. The maximum absolute atomic E-state index is 12.5. The molecule has 0 atom stereocenters. The minimum absolute atomic E-state index is 0.0148. The predicted octanol–water partition coefficient (Wildman–Crippen LogP) is 5.86. The molecule has 1 amide bonds. The van der Waals surface area contributed by atoms with Crippen LogP contribution in [0.5, 0.6) is 11.5 Å². The average Bonchev–Trinajstić information content (AvgIpc) is 2.73. The summed E-state index contributed by atoms with van der Waals surface area (Å²) >= 11 is 0. The van der Waals surface area contributed by atoms with Crippen LogP contribution in [-0.4, -0.2) is 5.91 Å². The van der Waals surface area contributed by atoms with E-state index in [1.165, 1.54) is 6.20 Å². The minimum atomic E-state index is -0.455. The van der Waals surface area contributed by atoms with E-state index in [0.717, 1.165) is 33.8 Å². The van der Waals surface area contributed by atoms with Gasteiger partial charge in [-0.2, -0.15) is 5.26 Å². The van der Waals surface area contributed by atoms with Crippen molar-refractivity contribution in [1.29, 1.82) is 5.26 Å². The second-order valence-electron chi connectivity index (χ2n) is 6.98. The van der Waals surface area contributed by atoms with Gasteiger partial charge in [-0.3, -0.25) is 4.79 Å². The van der Waals surface area contributed by atoms with Gasteiger partial charge < -0.3 is 15.4 Å². The number of benzene rings is 3. The van der Waals surface area contributed by atoms with Crippen LogP contribution in [0.2, 0.25) is 0 Å². The molecule has 0 aliphatic heterocycles. The Labute approximate surface area is 176 Å². The lowest BCUT2D eigenvalue weighted by molar-refractivity contribution is -0.112. The monoisotopic (exact) mass is 397 g/mol. The van der Waals surface area contributed by atoms with Crippen molar-refractivity contribution in [2.24, 2.45) is 0 Å². The number of nitrogens with one attached hydrogen (secondary N) is 2. The number of aryl methyl sites for hydroxylation is 3. The molecule has 5 heteroatoms. The van der Waals surface area contributed by atoms with Gasteiger partial charge >= 0.3 is 0 Å². The maximum atomic E-state index is 12.5. The molecule has 0 aliphatic carbocycles. The SMILES string of the molecule is Cc1cc(C)c(NC(=O)/C(C#N)=C\Nc2ccc(Oc3ccccc3)cc2)c(C)c1. The van der Waals surface area contributed by atoms with Crippen LogP contribution in [0.1, 0.15) is 16.7 Å². The fraction of sp³-hybridized carbons (Fsp3) is 0.120. The summed E-state index contributed by atoms with van der Waals surface area (Å²) < 4.78 is 5.76. The number of ether oxygens (including phenoxy) is 1. The van der Waals surface area contributed by atoms with E-state index in [9.17, 15) is 10.1 Å². The third-order valence-corrected chi connectivity index (χ3v) is 4.50. The highest BCUT2D eigenvalue weighted by atomic mass is 16.5. The first-order chi connectivity index (χ1) is 14.5. The molecule has 0 saturated carbocycles. The molecule has 0 unspecified atom stereocenters. The highest BCUT2D eigenvalue weighted by Gasteiger charge is 2.12. The van der Waals surface area contributed by atoms with Crippen molar-refractivity contribution in [2.75, 3.05) is 10.6 Å². The molecular formula is C25H23N3O2. The summed E-state index contributed by atoms with van der Waals surface area (Å²) in [6, 6.07) is 22.7. The van der Waals surface area contributed by atoms with Gasteiger partial charge in [0.15, 0.2) is 0 Å². The fourth-order valence-electron chi connectivity index (χ4n) is 3.11. The smallest absolute Gasteiger partial charge is 0.267 e. The van der Waals surface area contributed by atoms with Crippen LogP contribution in [0.15, 0.2) is 78.5 Å². The van der Waals surface area contributed by atoms with Crippen LogP contribution in [0.25, 0.3) is 0 Å². The second-order valence-corrected chi connectivity index (χ2v) is 6.98. The summed E-state index contributed by atoms with van der Waals surface area (Å²) in [5.74, 6) is 0.992.